The van der Waals surface area contributed by atoms with Gasteiger partial charge in [0.1, 0.15) is 0 Å². The summed E-state index contributed by atoms with van der Waals surface area (Å²) in [5, 5.41) is 0. The van der Waals surface area contributed by atoms with Crippen LogP contribution in [0.1, 0.15) is 39.9 Å². The second-order valence-electron chi connectivity index (χ2n) is 5.46. The van der Waals surface area contributed by atoms with E-state index in [0.29, 0.717) is 37.0 Å². The molecule has 3 rings (SSSR count). The number of anilines is 1. The quantitative estimate of drug-likeness (QED) is 0.623. The summed E-state index contributed by atoms with van der Waals surface area (Å²) >= 11 is 0. The first-order valence-corrected chi connectivity index (χ1v) is 7.76. The average Bonchev–Trinajstić information content (AvgIpc) is 3.16. The zero-order valence-corrected chi connectivity index (χ0v) is 13.8. The van der Waals surface area contributed by atoms with Crippen LogP contribution < -0.4 is 4.90 Å². The summed E-state index contributed by atoms with van der Waals surface area (Å²) in [6.45, 7) is 8.65. The van der Waals surface area contributed by atoms with Crippen molar-refractivity contribution < 1.29 is 13.9 Å². The molecule has 0 saturated heterocycles. The van der Waals surface area contributed by atoms with Crippen LogP contribution in [0.4, 0.5) is 6.01 Å². The molecule has 0 saturated carbocycles. The first-order chi connectivity index (χ1) is 11.6. The van der Waals surface area contributed by atoms with E-state index < -0.39 is 0 Å². The van der Waals surface area contributed by atoms with Gasteiger partial charge in [0.2, 0.25) is 0 Å². The van der Waals surface area contributed by atoms with Gasteiger partial charge in [-0.2, -0.15) is 4.98 Å². The van der Waals surface area contributed by atoms with Gasteiger partial charge in [0.25, 0.3) is 6.01 Å². The Morgan fingerprint density at radius 1 is 1.50 bits per heavy atom. The minimum atomic E-state index is -0.291. The van der Waals surface area contributed by atoms with Crippen molar-refractivity contribution in [2.45, 2.75) is 26.9 Å². The highest BCUT2D eigenvalue weighted by Crippen LogP contribution is 2.31. The Bertz CT molecular complexity index is 808. The van der Waals surface area contributed by atoms with Crippen LogP contribution in [0.25, 0.3) is 6.08 Å². The minimum absolute atomic E-state index is 0.291. The van der Waals surface area contributed by atoms with Crippen LogP contribution in [0.2, 0.25) is 0 Å². The number of aryl methyl sites for hydroxylation is 1. The third-order valence-electron chi connectivity index (χ3n) is 3.90. The van der Waals surface area contributed by atoms with Gasteiger partial charge >= 0.3 is 5.97 Å². The number of rotatable bonds is 5. The molecule has 1 aliphatic rings. The molecule has 6 nitrogen and oxygen atoms in total. The molecule has 1 aromatic carbocycles. The summed E-state index contributed by atoms with van der Waals surface area (Å²) < 4.78 is 10.9. The molecule has 0 amide bonds. The number of oxazole rings is 1. The Hall–Kier alpha value is -2.89. The number of aromatic nitrogens is 1. The molecule has 2 heterocycles. The monoisotopic (exact) mass is 325 g/mol. The summed E-state index contributed by atoms with van der Waals surface area (Å²) in [4.78, 5) is 22.3. The molecule has 0 spiro atoms. The van der Waals surface area contributed by atoms with Gasteiger partial charge in [-0.05, 0) is 37.8 Å². The SMILES string of the molecule is C=N/C=C\c1oc(N2Cc3cccc(C(=O)OCC)c3C2)nc1C. The highest BCUT2D eigenvalue weighted by atomic mass is 16.5. The molecular formula is C18H19N3O3. The van der Waals surface area contributed by atoms with Crippen molar-refractivity contribution in [2.24, 2.45) is 4.99 Å². The van der Waals surface area contributed by atoms with E-state index in [2.05, 4.69) is 16.7 Å². The van der Waals surface area contributed by atoms with E-state index >= 15 is 0 Å². The number of benzene rings is 1. The van der Waals surface area contributed by atoms with E-state index in [9.17, 15) is 4.79 Å². The zero-order valence-electron chi connectivity index (χ0n) is 13.8. The first-order valence-electron chi connectivity index (χ1n) is 7.76. The molecule has 1 aliphatic heterocycles. The maximum atomic E-state index is 12.1. The highest BCUT2D eigenvalue weighted by Gasteiger charge is 2.27. The molecule has 2 aromatic rings. The molecule has 0 N–H and O–H groups in total. The van der Waals surface area contributed by atoms with E-state index in [1.807, 2.05) is 24.0 Å². The molecule has 0 atom stereocenters. The van der Waals surface area contributed by atoms with Crippen molar-refractivity contribution in [3.8, 4) is 0 Å². The molecule has 124 valence electrons. The van der Waals surface area contributed by atoms with Gasteiger partial charge in [-0.3, -0.25) is 4.99 Å². The average molecular weight is 325 g/mol. The van der Waals surface area contributed by atoms with Crippen molar-refractivity contribution >= 4 is 24.8 Å². The lowest BCUT2D eigenvalue weighted by Gasteiger charge is -2.11. The number of carbonyl (C=O) groups is 1. The maximum absolute atomic E-state index is 12.1. The van der Waals surface area contributed by atoms with Gasteiger partial charge < -0.3 is 14.1 Å². The summed E-state index contributed by atoms with van der Waals surface area (Å²) in [6.07, 6.45) is 3.29. The lowest BCUT2D eigenvalue weighted by molar-refractivity contribution is 0.0525. The van der Waals surface area contributed by atoms with E-state index in [1.165, 1.54) is 0 Å². The predicted molar refractivity (Wildman–Crippen MR) is 92.1 cm³/mol. The van der Waals surface area contributed by atoms with Gasteiger partial charge in [-0.25, -0.2) is 4.79 Å². The van der Waals surface area contributed by atoms with Crippen LogP contribution in [-0.4, -0.2) is 24.3 Å². The molecular weight excluding hydrogens is 306 g/mol. The smallest absolute Gasteiger partial charge is 0.338 e. The van der Waals surface area contributed by atoms with Gasteiger partial charge in [0.05, 0.1) is 17.9 Å². The normalized spacial score (nSPS) is 13.3. The Labute approximate surface area is 140 Å². The predicted octanol–water partition coefficient (Wildman–Crippen LogP) is 3.35. The van der Waals surface area contributed by atoms with Gasteiger partial charge in [-0.1, -0.05) is 12.1 Å². The fourth-order valence-corrected chi connectivity index (χ4v) is 2.76. The summed E-state index contributed by atoms with van der Waals surface area (Å²) in [6, 6.07) is 6.21. The van der Waals surface area contributed by atoms with E-state index in [-0.39, 0.29) is 5.97 Å². The second kappa shape index (κ2) is 6.70. The van der Waals surface area contributed by atoms with Gasteiger partial charge in [-0.15, -0.1) is 0 Å². The summed E-state index contributed by atoms with van der Waals surface area (Å²) in [5.74, 6) is 0.361. The number of fused-ring (bicyclic) bond motifs is 1. The topological polar surface area (TPSA) is 67.9 Å². The van der Waals surface area contributed by atoms with Crippen molar-refractivity contribution in [3.63, 3.8) is 0 Å². The number of esters is 1. The Kier molecular flexibility index (Phi) is 4.46. The van der Waals surface area contributed by atoms with Gasteiger partial charge in [0, 0.05) is 25.4 Å². The van der Waals surface area contributed by atoms with Crippen molar-refractivity contribution in [1.82, 2.24) is 4.98 Å². The lowest BCUT2D eigenvalue weighted by atomic mass is 10.0. The molecule has 6 heteroatoms. The zero-order chi connectivity index (χ0) is 17.1. The lowest BCUT2D eigenvalue weighted by Crippen LogP contribution is -2.15. The molecule has 24 heavy (non-hydrogen) atoms. The number of carbonyl (C=O) groups excluding carboxylic acids is 1. The summed E-state index contributed by atoms with van der Waals surface area (Å²) in [5.41, 5.74) is 3.44. The molecule has 0 fully saturated rings. The first kappa shape index (κ1) is 16.0. The van der Waals surface area contributed by atoms with Crippen molar-refractivity contribution in [2.75, 3.05) is 11.5 Å². The highest BCUT2D eigenvalue weighted by molar-refractivity contribution is 5.92. The van der Waals surface area contributed by atoms with E-state index in [0.717, 1.165) is 16.8 Å². The fraction of sp³-hybridized carbons (Fsp3) is 0.278. The van der Waals surface area contributed by atoms with Crippen LogP contribution in [-0.2, 0) is 17.8 Å². The summed E-state index contributed by atoms with van der Waals surface area (Å²) in [7, 11) is 0. The van der Waals surface area contributed by atoms with Crippen LogP contribution in [0.3, 0.4) is 0 Å². The van der Waals surface area contributed by atoms with Crippen LogP contribution in [0.15, 0.2) is 33.8 Å². The van der Waals surface area contributed by atoms with Crippen LogP contribution in [0, 0.1) is 6.92 Å². The van der Waals surface area contributed by atoms with E-state index in [1.54, 1.807) is 25.3 Å². The fourth-order valence-electron chi connectivity index (χ4n) is 2.76. The minimum Gasteiger partial charge on any atom is -0.462 e. The Morgan fingerprint density at radius 3 is 3.08 bits per heavy atom. The van der Waals surface area contributed by atoms with Crippen LogP contribution >= 0.6 is 0 Å². The number of hydrogen-bond donors (Lipinski definition) is 0. The maximum Gasteiger partial charge on any atom is 0.338 e. The van der Waals surface area contributed by atoms with Crippen LogP contribution in [0.5, 0.6) is 0 Å². The Balaban J connectivity index is 1.87. The molecule has 0 bridgehead atoms. The molecule has 0 unspecified atom stereocenters. The molecule has 0 radical (unpaired) electrons. The molecule has 1 aromatic heterocycles. The largest absolute Gasteiger partial charge is 0.462 e. The van der Waals surface area contributed by atoms with E-state index in [4.69, 9.17) is 9.15 Å². The Morgan fingerprint density at radius 2 is 2.33 bits per heavy atom. The third kappa shape index (κ3) is 2.95. The number of hydrogen-bond acceptors (Lipinski definition) is 6. The standard InChI is InChI=1S/C18H19N3O3/c1-4-23-17(22)14-7-5-6-13-10-21(11-15(13)14)18-20-12(2)16(24-18)8-9-19-3/h5-9H,3-4,10-11H2,1-2H3/b9-8-. The van der Waals surface area contributed by atoms with Gasteiger partial charge in [0.15, 0.2) is 5.76 Å². The van der Waals surface area contributed by atoms with Crippen molar-refractivity contribution in [3.05, 3.63) is 52.5 Å². The second-order valence-corrected chi connectivity index (χ2v) is 5.46. The molecule has 0 aliphatic carbocycles. The van der Waals surface area contributed by atoms with Crippen molar-refractivity contribution in [1.29, 1.82) is 0 Å². The third-order valence-corrected chi connectivity index (χ3v) is 3.90. The number of aliphatic imine (C=N–C) groups is 1. The number of nitrogens with zero attached hydrogens (tertiary/aromatic N) is 3. The number of ether oxygens (including phenoxy) is 1.